The van der Waals surface area contributed by atoms with Gasteiger partial charge in [0.05, 0.1) is 16.3 Å². The first-order valence-electron chi connectivity index (χ1n) is 14.9. The second-order valence-corrected chi connectivity index (χ2v) is 12.4. The van der Waals surface area contributed by atoms with Crippen molar-refractivity contribution >= 4 is 58.5 Å². The van der Waals surface area contributed by atoms with Gasteiger partial charge in [-0.3, -0.25) is 14.4 Å². The zero-order chi connectivity index (χ0) is 35.0. The lowest BCUT2D eigenvalue weighted by Crippen LogP contribution is -2.30. The fraction of sp³-hybridized carbons (Fsp3) is 0.0789. The topological polar surface area (TPSA) is 87.3 Å². The molecule has 0 heterocycles. The summed E-state index contributed by atoms with van der Waals surface area (Å²) < 4.78 is 40.0. The molecule has 0 fully saturated rings. The fourth-order valence-electron chi connectivity index (χ4n) is 4.72. The second-order valence-electron chi connectivity index (χ2n) is 10.9. The number of benzene rings is 5. The molecule has 5 aromatic carbocycles. The summed E-state index contributed by atoms with van der Waals surface area (Å²) in [5, 5.41) is 7.18. The molecular formula is C38H29ClF3N3O3S. The molecule has 6 nitrogen and oxygen atoms in total. The first-order chi connectivity index (χ1) is 23.5. The van der Waals surface area contributed by atoms with Crippen LogP contribution in [0.4, 0.5) is 24.5 Å². The van der Waals surface area contributed by atoms with Crippen LogP contribution in [0.15, 0.2) is 138 Å². The Bertz CT molecular complexity index is 1990. The van der Waals surface area contributed by atoms with Crippen LogP contribution < -0.4 is 16.0 Å². The van der Waals surface area contributed by atoms with Crippen LogP contribution in [0.25, 0.3) is 6.08 Å². The number of hydrogen-bond donors (Lipinski definition) is 3. The minimum Gasteiger partial charge on any atom is -0.323 e. The number of nitrogens with one attached hydrogen (secondary N) is 3. The number of alkyl halides is 3. The van der Waals surface area contributed by atoms with Crippen molar-refractivity contribution in [1.82, 2.24) is 5.32 Å². The van der Waals surface area contributed by atoms with Crippen LogP contribution in [0.2, 0.25) is 5.02 Å². The smallest absolute Gasteiger partial charge is 0.323 e. The maximum atomic E-state index is 13.5. The minimum absolute atomic E-state index is 0.0333. The van der Waals surface area contributed by atoms with Gasteiger partial charge in [0.2, 0.25) is 5.91 Å². The SMILES string of the molecule is Cc1cccc(/C=C(\NC(=O)c2ccccc2)C(=O)Nc2ccc(SC(C(=O)Nc3cc(C(F)(F)F)ccc3Cl)c3ccccc3)cc2)c1. The number of halogens is 4. The molecule has 0 spiro atoms. The quantitative estimate of drug-likeness (QED) is 0.100. The molecule has 11 heteroatoms. The van der Waals surface area contributed by atoms with Crippen molar-refractivity contribution in [1.29, 1.82) is 0 Å². The predicted molar refractivity (Wildman–Crippen MR) is 188 cm³/mol. The molecule has 49 heavy (non-hydrogen) atoms. The number of amides is 3. The van der Waals surface area contributed by atoms with Crippen LogP contribution in [0.5, 0.6) is 0 Å². The zero-order valence-electron chi connectivity index (χ0n) is 25.9. The maximum absolute atomic E-state index is 13.5. The Morgan fingerprint density at radius 1 is 0.776 bits per heavy atom. The van der Waals surface area contributed by atoms with Crippen LogP contribution in [0.3, 0.4) is 0 Å². The molecule has 1 unspecified atom stereocenters. The summed E-state index contributed by atoms with van der Waals surface area (Å²) in [5.74, 6) is -1.57. The molecule has 0 saturated heterocycles. The highest BCUT2D eigenvalue weighted by Crippen LogP contribution is 2.39. The van der Waals surface area contributed by atoms with Crippen molar-refractivity contribution in [2.45, 2.75) is 23.2 Å². The van der Waals surface area contributed by atoms with Crippen molar-refractivity contribution in [2.24, 2.45) is 0 Å². The number of aryl methyl sites for hydroxylation is 1. The molecule has 0 aliphatic carbocycles. The van der Waals surface area contributed by atoms with Crippen molar-refractivity contribution in [3.63, 3.8) is 0 Å². The van der Waals surface area contributed by atoms with E-state index in [4.69, 9.17) is 11.6 Å². The summed E-state index contributed by atoms with van der Waals surface area (Å²) in [6.45, 7) is 1.92. The van der Waals surface area contributed by atoms with Crippen LogP contribution in [0.1, 0.15) is 37.9 Å². The highest BCUT2D eigenvalue weighted by molar-refractivity contribution is 8.00. The monoisotopic (exact) mass is 699 g/mol. The predicted octanol–water partition coefficient (Wildman–Crippen LogP) is 9.55. The van der Waals surface area contributed by atoms with Gasteiger partial charge in [0.25, 0.3) is 11.8 Å². The second kappa shape index (κ2) is 15.7. The third kappa shape index (κ3) is 9.62. The van der Waals surface area contributed by atoms with E-state index >= 15 is 0 Å². The minimum atomic E-state index is -4.61. The van der Waals surface area contributed by atoms with E-state index in [0.717, 1.165) is 29.3 Å². The molecule has 0 aliphatic heterocycles. The third-order valence-corrected chi connectivity index (χ3v) is 8.74. The molecule has 0 bridgehead atoms. The van der Waals surface area contributed by atoms with Gasteiger partial charge in [-0.15, -0.1) is 11.8 Å². The van der Waals surface area contributed by atoms with E-state index in [1.54, 1.807) is 91.0 Å². The van der Waals surface area contributed by atoms with Gasteiger partial charge in [-0.2, -0.15) is 13.2 Å². The summed E-state index contributed by atoms with van der Waals surface area (Å²) in [5.41, 5.74) is 2.07. The Labute approximate surface area is 290 Å². The number of anilines is 2. The maximum Gasteiger partial charge on any atom is 0.416 e. The first-order valence-corrected chi connectivity index (χ1v) is 16.2. The number of rotatable bonds is 10. The number of hydrogen-bond acceptors (Lipinski definition) is 4. The molecule has 5 aromatic rings. The van der Waals surface area contributed by atoms with E-state index in [-0.39, 0.29) is 16.4 Å². The Morgan fingerprint density at radius 3 is 2.10 bits per heavy atom. The lowest BCUT2D eigenvalue weighted by molar-refractivity contribution is -0.137. The Hall–Kier alpha value is -5.32. The van der Waals surface area contributed by atoms with Gasteiger partial charge in [-0.1, -0.05) is 90.0 Å². The summed E-state index contributed by atoms with van der Waals surface area (Å²) >= 11 is 7.31. The molecule has 3 amide bonds. The summed E-state index contributed by atoms with van der Waals surface area (Å²) in [7, 11) is 0. The van der Waals surface area contributed by atoms with E-state index in [2.05, 4.69) is 16.0 Å². The van der Waals surface area contributed by atoms with Crippen LogP contribution in [0, 0.1) is 6.92 Å². The summed E-state index contributed by atoms with van der Waals surface area (Å²) in [6, 6.07) is 34.2. The Morgan fingerprint density at radius 2 is 1.45 bits per heavy atom. The zero-order valence-corrected chi connectivity index (χ0v) is 27.5. The van der Waals surface area contributed by atoms with Crippen molar-refractivity contribution in [2.75, 3.05) is 10.6 Å². The standard InChI is InChI=1S/C38H29ClF3N3O3S/c1-24-9-8-10-25(21-24)22-33(45-35(46)27-13-6-3-7-14-27)36(47)43-29-16-18-30(19-17-29)49-34(26-11-4-2-5-12-26)37(48)44-32-23-28(38(40,41)42)15-20-31(32)39/h2-23,34H,1H3,(H,43,47)(H,44,48)(H,45,46)/b33-22-. The molecule has 0 saturated carbocycles. The van der Waals surface area contributed by atoms with E-state index in [0.29, 0.717) is 21.7 Å². The van der Waals surface area contributed by atoms with Crippen LogP contribution >= 0.6 is 23.4 Å². The normalized spacial score (nSPS) is 12.1. The Balaban J connectivity index is 1.34. The largest absolute Gasteiger partial charge is 0.416 e. The van der Waals surface area contributed by atoms with Crippen molar-refractivity contribution in [3.8, 4) is 0 Å². The van der Waals surface area contributed by atoms with Gasteiger partial charge >= 0.3 is 6.18 Å². The molecule has 0 aliphatic rings. The van der Waals surface area contributed by atoms with Crippen molar-refractivity contribution in [3.05, 3.63) is 166 Å². The average Bonchev–Trinajstić information content (AvgIpc) is 3.08. The third-order valence-electron chi connectivity index (χ3n) is 7.14. The highest BCUT2D eigenvalue weighted by atomic mass is 35.5. The number of carbonyl (C=O) groups excluding carboxylic acids is 3. The summed E-state index contributed by atoms with van der Waals surface area (Å²) in [4.78, 5) is 40.6. The number of thioether (sulfide) groups is 1. The van der Waals surface area contributed by atoms with E-state index in [1.165, 1.54) is 11.8 Å². The molecular weight excluding hydrogens is 671 g/mol. The average molecular weight is 700 g/mol. The van der Waals surface area contributed by atoms with Gasteiger partial charge in [0.1, 0.15) is 10.9 Å². The molecule has 1 atom stereocenters. The summed E-state index contributed by atoms with van der Waals surface area (Å²) in [6.07, 6.45) is -3.02. The molecule has 5 rings (SSSR count). The molecule has 248 valence electrons. The van der Waals surface area contributed by atoms with E-state index in [1.807, 2.05) is 31.2 Å². The van der Waals surface area contributed by atoms with Crippen molar-refractivity contribution < 1.29 is 27.6 Å². The molecule has 0 radical (unpaired) electrons. The van der Waals surface area contributed by atoms with Gasteiger partial charge in [-0.05, 0) is 78.7 Å². The van der Waals surface area contributed by atoms with Gasteiger partial charge < -0.3 is 16.0 Å². The van der Waals surface area contributed by atoms with Gasteiger partial charge in [-0.25, -0.2) is 0 Å². The molecule has 3 N–H and O–H groups in total. The lowest BCUT2D eigenvalue weighted by atomic mass is 10.1. The number of carbonyl (C=O) groups is 3. The molecule has 0 aromatic heterocycles. The highest BCUT2D eigenvalue weighted by Gasteiger charge is 2.31. The van der Waals surface area contributed by atoms with Crippen LogP contribution in [-0.4, -0.2) is 17.7 Å². The van der Waals surface area contributed by atoms with Gasteiger partial charge in [0.15, 0.2) is 0 Å². The van der Waals surface area contributed by atoms with E-state index < -0.39 is 34.7 Å². The Kier molecular flexibility index (Phi) is 11.2. The fourth-order valence-corrected chi connectivity index (χ4v) is 5.91. The van der Waals surface area contributed by atoms with Crippen LogP contribution in [-0.2, 0) is 15.8 Å². The van der Waals surface area contributed by atoms with E-state index in [9.17, 15) is 27.6 Å². The first kappa shape index (κ1) is 35.0. The van der Waals surface area contributed by atoms with Gasteiger partial charge in [0, 0.05) is 16.1 Å². The lowest BCUT2D eigenvalue weighted by Gasteiger charge is -2.19.